The van der Waals surface area contributed by atoms with Crippen molar-refractivity contribution < 1.29 is 21.6 Å². The molecule has 0 aliphatic carbocycles. The van der Waals surface area contributed by atoms with Gasteiger partial charge in [-0.2, -0.15) is 22.5 Å². The van der Waals surface area contributed by atoms with Gasteiger partial charge in [0.25, 0.3) is 0 Å². The standard InChI is InChI=1S/C18H19ClF3N5O2S2/c1-4-13(6-5-11(2)18(20,21)22)31(28,29)27-9-7-26(8-10-27)17-25-16-14(30-17)15(19)23-12(3)24-16/h4-6H,1,7-10H2,2-3H3/b11-5+,13-6+. The van der Waals surface area contributed by atoms with E-state index in [0.29, 0.717) is 39.5 Å². The van der Waals surface area contributed by atoms with Gasteiger partial charge in [0.1, 0.15) is 10.5 Å². The van der Waals surface area contributed by atoms with E-state index in [1.54, 1.807) is 6.92 Å². The number of hydrogen-bond acceptors (Lipinski definition) is 7. The first-order chi connectivity index (χ1) is 14.4. The van der Waals surface area contributed by atoms with Crippen LogP contribution in [0, 0.1) is 6.92 Å². The predicted octanol–water partition coefficient (Wildman–Crippen LogP) is 4.08. The fraction of sp³-hybridized carbons (Fsp3) is 0.389. The Kier molecular flexibility index (Phi) is 6.75. The summed E-state index contributed by atoms with van der Waals surface area (Å²) in [7, 11) is -3.98. The van der Waals surface area contributed by atoms with Crippen LogP contribution in [0.3, 0.4) is 0 Å². The summed E-state index contributed by atoms with van der Waals surface area (Å²) in [5.41, 5.74) is -0.420. The zero-order chi connectivity index (χ0) is 23.0. The highest BCUT2D eigenvalue weighted by atomic mass is 35.5. The van der Waals surface area contributed by atoms with Crippen LogP contribution >= 0.6 is 22.9 Å². The second kappa shape index (κ2) is 8.85. The highest BCUT2D eigenvalue weighted by Gasteiger charge is 2.32. The van der Waals surface area contributed by atoms with Crippen molar-refractivity contribution >= 4 is 48.4 Å². The minimum atomic E-state index is -4.53. The number of allylic oxidation sites excluding steroid dienone is 4. The molecule has 31 heavy (non-hydrogen) atoms. The molecule has 0 N–H and O–H groups in total. The Hall–Kier alpha value is -2.02. The predicted molar refractivity (Wildman–Crippen MR) is 116 cm³/mol. The van der Waals surface area contributed by atoms with Crippen molar-refractivity contribution in [1.29, 1.82) is 0 Å². The van der Waals surface area contributed by atoms with Crippen molar-refractivity contribution in [2.24, 2.45) is 0 Å². The number of thiazole rings is 1. The Balaban J connectivity index is 1.76. The smallest absolute Gasteiger partial charge is 0.345 e. The normalized spacial score (nSPS) is 17.4. The van der Waals surface area contributed by atoms with Crippen molar-refractivity contribution in [3.8, 4) is 0 Å². The van der Waals surface area contributed by atoms with Gasteiger partial charge < -0.3 is 4.90 Å². The molecule has 0 atom stereocenters. The number of sulfonamides is 1. The van der Waals surface area contributed by atoms with E-state index in [1.165, 1.54) is 15.6 Å². The van der Waals surface area contributed by atoms with Gasteiger partial charge in [-0.25, -0.2) is 18.4 Å². The van der Waals surface area contributed by atoms with Crippen molar-refractivity contribution in [2.45, 2.75) is 20.0 Å². The van der Waals surface area contributed by atoms with E-state index in [0.717, 1.165) is 25.2 Å². The summed E-state index contributed by atoms with van der Waals surface area (Å²) in [6, 6.07) is 0. The summed E-state index contributed by atoms with van der Waals surface area (Å²) in [6.07, 6.45) is -1.83. The molecule has 1 fully saturated rings. The topological polar surface area (TPSA) is 79.3 Å². The summed E-state index contributed by atoms with van der Waals surface area (Å²) >= 11 is 7.47. The van der Waals surface area contributed by atoms with Gasteiger partial charge in [0.2, 0.25) is 10.0 Å². The number of fused-ring (bicyclic) bond motifs is 1. The molecule has 1 aliphatic rings. The summed E-state index contributed by atoms with van der Waals surface area (Å²) in [5, 5.41) is 0.965. The Labute approximate surface area is 186 Å². The van der Waals surface area contributed by atoms with Crippen LogP contribution in [0.1, 0.15) is 12.7 Å². The van der Waals surface area contributed by atoms with E-state index in [9.17, 15) is 21.6 Å². The van der Waals surface area contributed by atoms with Crippen LogP contribution in [-0.2, 0) is 10.0 Å². The van der Waals surface area contributed by atoms with Crippen LogP contribution in [-0.4, -0.2) is 60.0 Å². The maximum absolute atomic E-state index is 12.9. The SMILES string of the molecule is C=C/C(=C\C=C(/C)C(F)(F)F)S(=O)(=O)N1CCN(c2nc3nc(C)nc(Cl)c3s2)CC1. The zero-order valence-corrected chi connectivity index (χ0v) is 19.0. The van der Waals surface area contributed by atoms with E-state index in [2.05, 4.69) is 21.5 Å². The third-order valence-corrected chi connectivity index (χ3v) is 8.05. The largest absolute Gasteiger partial charge is 0.412 e. The van der Waals surface area contributed by atoms with E-state index >= 15 is 0 Å². The second-order valence-electron chi connectivity index (χ2n) is 6.72. The lowest BCUT2D eigenvalue weighted by Gasteiger charge is -2.33. The molecule has 7 nitrogen and oxygen atoms in total. The first-order valence-electron chi connectivity index (χ1n) is 9.07. The fourth-order valence-corrected chi connectivity index (χ4v) is 5.50. The third-order valence-electron chi connectivity index (χ3n) is 4.61. The van der Waals surface area contributed by atoms with Gasteiger partial charge in [0, 0.05) is 31.8 Å². The van der Waals surface area contributed by atoms with Gasteiger partial charge in [-0.05, 0) is 26.0 Å². The number of hydrogen-bond donors (Lipinski definition) is 0. The second-order valence-corrected chi connectivity index (χ2v) is 10.00. The first kappa shape index (κ1) is 23.6. The molecule has 3 heterocycles. The number of alkyl halides is 3. The molecule has 168 valence electrons. The molecule has 1 aliphatic heterocycles. The number of aromatic nitrogens is 3. The molecule has 0 bridgehead atoms. The average molecular weight is 494 g/mol. The molecule has 0 radical (unpaired) electrons. The van der Waals surface area contributed by atoms with E-state index < -0.39 is 21.8 Å². The maximum Gasteiger partial charge on any atom is 0.412 e. The third kappa shape index (κ3) is 5.08. The number of anilines is 1. The van der Waals surface area contributed by atoms with Gasteiger partial charge in [0.15, 0.2) is 15.9 Å². The fourth-order valence-electron chi connectivity index (χ4n) is 2.85. The number of rotatable bonds is 5. The first-order valence-corrected chi connectivity index (χ1v) is 11.7. The van der Waals surface area contributed by atoms with Gasteiger partial charge in [-0.3, -0.25) is 0 Å². The Morgan fingerprint density at radius 1 is 1.16 bits per heavy atom. The molecular weight excluding hydrogens is 475 g/mol. The molecule has 0 saturated carbocycles. The molecule has 13 heteroatoms. The summed E-state index contributed by atoms with van der Waals surface area (Å²) in [6.45, 7) is 7.01. The van der Waals surface area contributed by atoms with Crippen molar-refractivity contribution in [2.75, 3.05) is 31.1 Å². The monoisotopic (exact) mass is 493 g/mol. The van der Waals surface area contributed by atoms with E-state index in [1.807, 2.05) is 4.90 Å². The molecule has 0 spiro atoms. The quantitative estimate of drug-likeness (QED) is 0.461. The van der Waals surface area contributed by atoms with Gasteiger partial charge >= 0.3 is 6.18 Å². The van der Waals surface area contributed by atoms with Crippen LogP contribution in [0.15, 0.2) is 35.3 Å². The number of piperazine rings is 1. The number of halogens is 4. The van der Waals surface area contributed by atoms with Crippen LogP contribution in [0.2, 0.25) is 5.15 Å². The van der Waals surface area contributed by atoms with Crippen molar-refractivity contribution in [3.63, 3.8) is 0 Å². The molecule has 3 rings (SSSR count). The van der Waals surface area contributed by atoms with Crippen LogP contribution in [0.4, 0.5) is 18.3 Å². The molecule has 1 saturated heterocycles. The Bertz CT molecular complexity index is 1170. The highest BCUT2D eigenvalue weighted by Crippen LogP contribution is 2.33. The van der Waals surface area contributed by atoms with Gasteiger partial charge in [-0.1, -0.05) is 35.6 Å². The molecule has 0 amide bonds. The van der Waals surface area contributed by atoms with Crippen LogP contribution in [0.5, 0.6) is 0 Å². The van der Waals surface area contributed by atoms with Crippen molar-refractivity contribution in [3.05, 3.63) is 46.3 Å². The average Bonchev–Trinajstić information content (AvgIpc) is 3.12. The highest BCUT2D eigenvalue weighted by molar-refractivity contribution is 7.93. The number of nitrogens with zero attached hydrogens (tertiary/aromatic N) is 5. The van der Waals surface area contributed by atoms with Crippen LogP contribution in [0.25, 0.3) is 10.3 Å². The zero-order valence-electron chi connectivity index (χ0n) is 16.6. The summed E-state index contributed by atoms with van der Waals surface area (Å²) in [4.78, 5) is 14.5. The van der Waals surface area contributed by atoms with Gasteiger partial charge in [0.05, 0.1) is 4.91 Å². The molecule has 0 unspecified atom stereocenters. The van der Waals surface area contributed by atoms with E-state index in [4.69, 9.17) is 11.6 Å². The molecule has 2 aromatic rings. The minimum Gasteiger partial charge on any atom is -0.345 e. The molecular formula is C18H19ClF3N5O2S2. The Morgan fingerprint density at radius 3 is 2.39 bits per heavy atom. The molecule has 2 aromatic heterocycles. The summed E-state index contributed by atoms with van der Waals surface area (Å²) < 4.78 is 65.6. The lowest BCUT2D eigenvalue weighted by Crippen LogP contribution is -2.48. The lowest BCUT2D eigenvalue weighted by atomic mass is 10.2. The maximum atomic E-state index is 12.9. The number of aryl methyl sites for hydroxylation is 1. The van der Waals surface area contributed by atoms with Crippen LogP contribution < -0.4 is 4.90 Å². The van der Waals surface area contributed by atoms with Crippen molar-refractivity contribution in [1.82, 2.24) is 19.3 Å². The summed E-state index contributed by atoms with van der Waals surface area (Å²) in [5.74, 6) is 0.504. The van der Waals surface area contributed by atoms with E-state index in [-0.39, 0.29) is 18.0 Å². The Morgan fingerprint density at radius 2 is 1.81 bits per heavy atom. The van der Waals surface area contributed by atoms with Gasteiger partial charge in [-0.15, -0.1) is 0 Å². The molecule has 0 aromatic carbocycles. The minimum absolute atomic E-state index is 0.143. The lowest BCUT2D eigenvalue weighted by molar-refractivity contribution is -0.0913.